The standard InChI is InChI=1S/C24H29NO4/c1-23(27)12-15-29-24(17-23)10-13-25(14-11-24)22(26)20-5-3-4-19(16-20)18-6-8-21(28-2)9-7-18/h3-9,16,27H,10-15,17H2,1-2H3. The summed E-state index contributed by atoms with van der Waals surface area (Å²) in [5.41, 5.74) is 1.81. The van der Waals surface area contributed by atoms with Crippen molar-refractivity contribution in [1.82, 2.24) is 4.90 Å². The maximum absolute atomic E-state index is 13.1. The van der Waals surface area contributed by atoms with Crippen LogP contribution in [-0.4, -0.2) is 53.9 Å². The summed E-state index contributed by atoms with van der Waals surface area (Å²) in [5, 5.41) is 10.4. The van der Waals surface area contributed by atoms with Gasteiger partial charge in [-0.1, -0.05) is 24.3 Å². The first-order valence-electron chi connectivity index (χ1n) is 10.3. The van der Waals surface area contributed by atoms with Crippen LogP contribution in [0.2, 0.25) is 0 Å². The smallest absolute Gasteiger partial charge is 0.253 e. The van der Waals surface area contributed by atoms with E-state index in [-0.39, 0.29) is 11.5 Å². The number of amides is 1. The highest BCUT2D eigenvalue weighted by molar-refractivity contribution is 5.95. The normalized spacial score (nSPS) is 23.8. The molecule has 2 aliphatic heterocycles. The van der Waals surface area contributed by atoms with Gasteiger partial charge in [0.05, 0.1) is 24.9 Å². The number of methoxy groups -OCH3 is 1. The molecule has 1 N–H and O–H groups in total. The lowest BCUT2D eigenvalue weighted by molar-refractivity contribution is -0.170. The molecule has 2 saturated heterocycles. The van der Waals surface area contributed by atoms with Crippen molar-refractivity contribution >= 4 is 5.91 Å². The van der Waals surface area contributed by atoms with Crippen LogP contribution in [0.1, 0.15) is 43.0 Å². The van der Waals surface area contributed by atoms with E-state index in [1.807, 2.05) is 60.4 Å². The van der Waals surface area contributed by atoms with Gasteiger partial charge in [-0.05, 0) is 61.6 Å². The van der Waals surface area contributed by atoms with Crippen molar-refractivity contribution in [3.05, 3.63) is 54.1 Å². The molecule has 0 bridgehead atoms. The molecule has 0 saturated carbocycles. The van der Waals surface area contributed by atoms with Crippen LogP contribution in [0.25, 0.3) is 11.1 Å². The monoisotopic (exact) mass is 395 g/mol. The maximum atomic E-state index is 13.1. The molecule has 5 nitrogen and oxygen atoms in total. The fraction of sp³-hybridized carbons (Fsp3) is 0.458. The zero-order valence-electron chi connectivity index (χ0n) is 17.2. The quantitative estimate of drug-likeness (QED) is 0.856. The van der Waals surface area contributed by atoms with Crippen LogP contribution in [0, 0.1) is 0 Å². The molecular formula is C24H29NO4. The lowest BCUT2D eigenvalue weighted by Crippen LogP contribution is -2.54. The molecule has 0 aromatic heterocycles. The van der Waals surface area contributed by atoms with Crippen molar-refractivity contribution in [1.29, 1.82) is 0 Å². The van der Waals surface area contributed by atoms with Crippen molar-refractivity contribution in [3.8, 4) is 16.9 Å². The Kier molecular flexibility index (Phi) is 5.36. The van der Waals surface area contributed by atoms with Crippen LogP contribution in [0.5, 0.6) is 5.75 Å². The lowest BCUT2D eigenvalue weighted by Gasteiger charge is -2.48. The average Bonchev–Trinajstić information content (AvgIpc) is 2.73. The van der Waals surface area contributed by atoms with Gasteiger partial charge in [0.2, 0.25) is 0 Å². The summed E-state index contributed by atoms with van der Waals surface area (Å²) in [4.78, 5) is 15.0. The molecule has 0 radical (unpaired) electrons. The third-order valence-corrected chi connectivity index (χ3v) is 6.25. The largest absolute Gasteiger partial charge is 0.497 e. The van der Waals surface area contributed by atoms with Crippen molar-refractivity contribution in [2.75, 3.05) is 26.8 Å². The van der Waals surface area contributed by atoms with E-state index in [0.29, 0.717) is 38.1 Å². The van der Waals surface area contributed by atoms with Gasteiger partial charge in [0.25, 0.3) is 5.91 Å². The first kappa shape index (κ1) is 19.9. The SMILES string of the molecule is COc1ccc(-c2cccc(C(=O)N3CCC4(CC3)CC(C)(O)CCO4)c2)cc1. The van der Waals surface area contributed by atoms with E-state index in [1.54, 1.807) is 7.11 Å². The van der Waals surface area contributed by atoms with Crippen LogP contribution < -0.4 is 4.74 Å². The molecule has 5 heteroatoms. The molecule has 2 heterocycles. The molecule has 2 aliphatic rings. The van der Waals surface area contributed by atoms with Crippen LogP contribution in [-0.2, 0) is 4.74 Å². The summed E-state index contributed by atoms with van der Waals surface area (Å²) in [6, 6.07) is 15.6. The van der Waals surface area contributed by atoms with Gasteiger partial charge in [-0.2, -0.15) is 0 Å². The number of hydrogen-bond acceptors (Lipinski definition) is 4. The second-order valence-corrected chi connectivity index (χ2v) is 8.56. The summed E-state index contributed by atoms with van der Waals surface area (Å²) in [5.74, 6) is 0.866. The molecular weight excluding hydrogens is 366 g/mol. The van der Waals surface area contributed by atoms with Gasteiger partial charge in [-0.3, -0.25) is 4.79 Å². The number of carbonyl (C=O) groups excluding carboxylic acids is 1. The van der Waals surface area contributed by atoms with Gasteiger partial charge in [0.1, 0.15) is 5.75 Å². The Labute approximate surface area is 172 Å². The van der Waals surface area contributed by atoms with E-state index in [9.17, 15) is 9.90 Å². The number of likely N-dealkylation sites (tertiary alicyclic amines) is 1. The fourth-order valence-corrected chi connectivity index (χ4v) is 4.56. The number of benzene rings is 2. The summed E-state index contributed by atoms with van der Waals surface area (Å²) in [6.07, 6.45) is 2.87. The zero-order chi connectivity index (χ0) is 20.5. The van der Waals surface area contributed by atoms with Crippen LogP contribution in [0.3, 0.4) is 0 Å². The number of piperidine rings is 1. The van der Waals surface area contributed by atoms with Gasteiger partial charge < -0.3 is 19.5 Å². The van der Waals surface area contributed by atoms with Crippen molar-refractivity contribution < 1.29 is 19.4 Å². The highest BCUT2D eigenvalue weighted by Gasteiger charge is 2.44. The molecule has 0 aliphatic carbocycles. The minimum absolute atomic E-state index is 0.0535. The highest BCUT2D eigenvalue weighted by Crippen LogP contribution is 2.39. The molecule has 2 aromatic carbocycles. The predicted octanol–water partition coefficient (Wildman–Crippen LogP) is 3.90. The van der Waals surface area contributed by atoms with E-state index in [1.165, 1.54) is 0 Å². The number of aliphatic hydroxyl groups is 1. The summed E-state index contributed by atoms with van der Waals surface area (Å²) in [7, 11) is 1.65. The molecule has 1 amide bonds. The number of hydrogen-bond donors (Lipinski definition) is 1. The number of rotatable bonds is 3. The first-order valence-corrected chi connectivity index (χ1v) is 10.3. The number of carbonyl (C=O) groups is 1. The molecule has 1 unspecified atom stereocenters. The third kappa shape index (κ3) is 4.31. The van der Waals surface area contributed by atoms with E-state index in [0.717, 1.165) is 29.7 Å². The number of nitrogens with zero attached hydrogens (tertiary/aromatic N) is 1. The van der Waals surface area contributed by atoms with Crippen molar-refractivity contribution in [2.24, 2.45) is 0 Å². The highest BCUT2D eigenvalue weighted by atomic mass is 16.5. The van der Waals surface area contributed by atoms with Crippen LogP contribution >= 0.6 is 0 Å². The molecule has 4 rings (SSSR count). The second-order valence-electron chi connectivity index (χ2n) is 8.56. The van der Waals surface area contributed by atoms with E-state index < -0.39 is 5.60 Å². The van der Waals surface area contributed by atoms with Crippen LogP contribution in [0.4, 0.5) is 0 Å². The summed E-state index contributed by atoms with van der Waals surface area (Å²) >= 11 is 0. The topological polar surface area (TPSA) is 59.0 Å². The van der Waals surface area contributed by atoms with Gasteiger partial charge in [0.15, 0.2) is 0 Å². The van der Waals surface area contributed by atoms with E-state index >= 15 is 0 Å². The molecule has 29 heavy (non-hydrogen) atoms. The third-order valence-electron chi connectivity index (χ3n) is 6.25. The Morgan fingerprint density at radius 1 is 1.07 bits per heavy atom. The van der Waals surface area contributed by atoms with Gasteiger partial charge in [-0.15, -0.1) is 0 Å². The van der Waals surface area contributed by atoms with E-state index in [4.69, 9.17) is 9.47 Å². The second kappa shape index (κ2) is 7.81. The maximum Gasteiger partial charge on any atom is 0.253 e. The van der Waals surface area contributed by atoms with Crippen LogP contribution in [0.15, 0.2) is 48.5 Å². The Balaban J connectivity index is 1.45. The zero-order valence-corrected chi connectivity index (χ0v) is 17.2. The molecule has 1 atom stereocenters. The first-order chi connectivity index (χ1) is 13.9. The number of ether oxygens (including phenoxy) is 2. The Morgan fingerprint density at radius 3 is 2.45 bits per heavy atom. The Hall–Kier alpha value is -2.37. The summed E-state index contributed by atoms with van der Waals surface area (Å²) < 4.78 is 11.3. The van der Waals surface area contributed by atoms with Crippen molar-refractivity contribution in [3.63, 3.8) is 0 Å². The molecule has 154 valence electrons. The van der Waals surface area contributed by atoms with Gasteiger partial charge in [0, 0.05) is 25.1 Å². The minimum atomic E-state index is -0.670. The minimum Gasteiger partial charge on any atom is -0.497 e. The van der Waals surface area contributed by atoms with E-state index in [2.05, 4.69) is 0 Å². The summed E-state index contributed by atoms with van der Waals surface area (Å²) in [6.45, 7) is 3.79. The fourth-order valence-electron chi connectivity index (χ4n) is 4.56. The van der Waals surface area contributed by atoms with Gasteiger partial charge in [-0.25, -0.2) is 0 Å². The van der Waals surface area contributed by atoms with Gasteiger partial charge >= 0.3 is 0 Å². The lowest BCUT2D eigenvalue weighted by atomic mass is 9.78. The predicted molar refractivity (Wildman–Crippen MR) is 112 cm³/mol. The Morgan fingerprint density at radius 2 is 1.79 bits per heavy atom. The molecule has 2 fully saturated rings. The average molecular weight is 395 g/mol. The van der Waals surface area contributed by atoms with Crippen molar-refractivity contribution in [2.45, 2.75) is 43.8 Å². The molecule has 1 spiro atoms. The Bertz CT molecular complexity index is 867. The molecule has 2 aromatic rings.